The number of hydrogen-bond donors (Lipinski definition) is 1. The summed E-state index contributed by atoms with van der Waals surface area (Å²) in [6.07, 6.45) is 0.835. The van der Waals surface area contributed by atoms with Gasteiger partial charge in [-0.1, -0.05) is 43.7 Å². The third-order valence-electron chi connectivity index (χ3n) is 3.41. The number of aromatic nitrogens is 2. The van der Waals surface area contributed by atoms with E-state index in [0.29, 0.717) is 11.8 Å². The van der Waals surface area contributed by atoms with Crippen LogP contribution >= 0.6 is 0 Å². The van der Waals surface area contributed by atoms with Crippen LogP contribution in [0.4, 0.5) is 0 Å². The van der Waals surface area contributed by atoms with Crippen molar-refractivity contribution in [2.45, 2.75) is 47.1 Å². The van der Waals surface area contributed by atoms with Crippen LogP contribution in [0.25, 0.3) is 11.3 Å². The van der Waals surface area contributed by atoms with Gasteiger partial charge in [0.25, 0.3) is 0 Å². The Morgan fingerprint density at radius 3 is 2.20 bits per heavy atom. The fraction of sp³-hybridized carbons (Fsp3) is 0.471. The van der Waals surface area contributed by atoms with E-state index < -0.39 is 0 Å². The van der Waals surface area contributed by atoms with Gasteiger partial charge in [0, 0.05) is 11.1 Å². The predicted molar refractivity (Wildman–Crippen MR) is 83.0 cm³/mol. The molecule has 20 heavy (non-hydrogen) atoms. The zero-order chi connectivity index (χ0) is 14.9. The molecule has 1 heterocycles. The van der Waals surface area contributed by atoms with Crippen LogP contribution in [-0.2, 0) is 6.42 Å². The van der Waals surface area contributed by atoms with Crippen molar-refractivity contribution in [2.75, 3.05) is 0 Å². The lowest BCUT2D eigenvalue weighted by molar-refractivity contribution is 0.372. The summed E-state index contributed by atoms with van der Waals surface area (Å²) in [7, 11) is 0. The molecule has 1 aromatic heterocycles. The average Bonchev–Trinajstić information content (AvgIpc) is 2.68. The summed E-state index contributed by atoms with van der Waals surface area (Å²) in [5, 5.41) is 15.1. The molecule has 0 atom stereocenters. The minimum absolute atomic E-state index is 0.153. The number of benzene rings is 1. The fourth-order valence-electron chi connectivity index (χ4n) is 2.36. The highest BCUT2D eigenvalue weighted by atomic mass is 16.3. The van der Waals surface area contributed by atoms with Crippen LogP contribution in [-0.4, -0.2) is 14.9 Å². The standard InChI is InChI=1S/C17H24N2O/c1-11(2)10-15-16(14-8-6-13(5)7-9-14)18-19(12(3)4)17(15)20/h6-9,11-12,20H,10H2,1-5H3. The van der Waals surface area contributed by atoms with Gasteiger partial charge in [-0.15, -0.1) is 0 Å². The van der Waals surface area contributed by atoms with Crippen LogP contribution in [0.5, 0.6) is 5.88 Å². The van der Waals surface area contributed by atoms with E-state index in [4.69, 9.17) is 0 Å². The van der Waals surface area contributed by atoms with E-state index in [2.05, 4.69) is 50.1 Å². The summed E-state index contributed by atoms with van der Waals surface area (Å²) < 4.78 is 1.72. The second-order valence-corrected chi connectivity index (χ2v) is 6.15. The highest BCUT2D eigenvalue weighted by Crippen LogP contribution is 2.33. The van der Waals surface area contributed by atoms with Crippen molar-refractivity contribution >= 4 is 0 Å². The SMILES string of the molecule is Cc1ccc(-c2nn(C(C)C)c(O)c2CC(C)C)cc1. The summed E-state index contributed by atoms with van der Waals surface area (Å²) >= 11 is 0. The Morgan fingerprint density at radius 2 is 1.70 bits per heavy atom. The first-order chi connectivity index (χ1) is 9.40. The maximum Gasteiger partial charge on any atom is 0.213 e. The summed E-state index contributed by atoms with van der Waals surface area (Å²) in [5.74, 6) is 0.791. The van der Waals surface area contributed by atoms with E-state index in [1.54, 1.807) is 4.68 Å². The van der Waals surface area contributed by atoms with Crippen molar-refractivity contribution in [2.24, 2.45) is 5.92 Å². The minimum Gasteiger partial charge on any atom is -0.493 e. The molecule has 0 amide bonds. The molecule has 2 aromatic rings. The van der Waals surface area contributed by atoms with Crippen LogP contribution in [0, 0.1) is 12.8 Å². The molecule has 0 aliphatic rings. The van der Waals surface area contributed by atoms with Gasteiger partial charge in [0.15, 0.2) is 0 Å². The summed E-state index contributed by atoms with van der Waals surface area (Å²) in [6, 6.07) is 8.47. The highest BCUT2D eigenvalue weighted by Gasteiger charge is 2.20. The number of hydrogen-bond acceptors (Lipinski definition) is 2. The largest absolute Gasteiger partial charge is 0.493 e. The number of aromatic hydroxyl groups is 1. The zero-order valence-electron chi connectivity index (χ0n) is 13.0. The number of aryl methyl sites for hydroxylation is 1. The van der Waals surface area contributed by atoms with Crippen molar-refractivity contribution in [3.05, 3.63) is 35.4 Å². The summed E-state index contributed by atoms with van der Waals surface area (Å²) in [5.41, 5.74) is 4.16. The second-order valence-electron chi connectivity index (χ2n) is 6.15. The molecular formula is C17H24N2O. The molecule has 108 valence electrons. The molecule has 1 aromatic carbocycles. The van der Waals surface area contributed by atoms with Gasteiger partial charge in [-0.25, -0.2) is 4.68 Å². The molecule has 2 rings (SSSR count). The van der Waals surface area contributed by atoms with Gasteiger partial charge < -0.3 is 5.11 Å². The van der Waals surface area contributed by atoms with Crippen molar-refractivity contribution in [3.8, 4) is 17.1 Å². The maximum atomic E-state index is 10.4. The molecule has 0 bridgehead atoms. The van der Waals surface area contributed by atoms with Gasteiger partial charge >= 0.3 is 0 Å². The molecule has 0 fully saturated rings. The molecule has 1 N–H and O–H groups in total. The van der Waals surface area contributed by atoms with Crippen molar-refractivity contribution in [1.82, 2.24) is 9.78 Å². The topological polar surface area (TPSA) is 38.0 Å². The van der Waals surface area contributed by atoms with Crippen LogP contribution in [0.15, 0.2) is 24.3 Å². The Balaban J connectivity index is 2.55. The molecule has 3 nitrogen and oxygen atoms in total. The molecule has 0 radical (unpaired) electrons. The predicted octanol–water partition coefficient (Wildman–Crippen LogP) is 4.34. The molecule has 0 aliphatic heterocycles. The van der Waals surface area contributed by atoms with E-state index in [9.17, 15) is 5.11 Å². The molecule has 0 spiro atoms. The van der Waals surface area contributed by atoms with Crippen molar-refractivity contribution in [3.63, 3.8) is 0 Å². The number of rotatable bonds is 4. The van der Waals surface area contributed by atoms with Gasteiger partial charge in [0.2, 0.25) is 5.88 Å². The third-order valence-corrected chi connectivity index (χ3v) is 3.41. The fourth-order valence-corrected chi connectivity index (χ4v) is 2.36. The van der Waals surface area contributed by atoms with Gasteiger partial charge in [0.1, 0.15) is 0 Å². The first kappa shape index (κ1) is 14.6. The Kier molecular flexibility index (Phi) is 4.17. The van der Waals surface area contributed by atoms with Crippen LogP contribution in [0.2, 0.25) is 0 Å². The van der Waals surface area contributed by atoms with E-state index in [1.807, 2.05) is 13.8 Å². The molecule has 3 heteroatoms. The van der Waals surface area contributed by atoms with E-state index >= 15 is 0 Å². The quantitative estimate of drug-likeness (QED) is 0.899. The monoisotopic (exact) mass is 272 g/mol. The summed E-state index contributed by atoms with van der Waals surface area (Å²) in [6.45, 7) is 10.5. The van der Waals surface area contributed by atoms with E-state index in [-0.39, 0.29) is 6.04 Å². The second kappa shape index (κ2) is 5.70. The van der Waals surface area contributed by atoms with Gasteiger partial charge in [-0.2, -0.15) is 5.10 Å². The average molecular weight is 272 g/mol. The van der Waals surface area contributed by atoms with Crippen molar-refractivity contribution < 1.29 is 5.11 Å². The maximum absolute atomic E-state index is 10.4. The van der Waals surface area contributed by atoms with Crippen LogP contribution in [0.1, 0.15) is 44.9 Å². The summed E-state index contributed by atoms with van der Waals surface area (Å²) in [4.78, 5) is 0. The molecule has 0 saturated heterocycles. The molecule has 0 saturated carbocycles. The minimum atomic E-state index is 0.153. The first-order valence-corrected chi connectivity index (χ1v) is 7.27. The van der Waals surface area contributed by atoms with Crippen LogP contribution in [0.3, 0.4) is 0 Å². The Labute approximate surface area is 121 Å². The smallest absolute Gasteiger partial charge is 0.213 e. The molecule has 0 aliphatic carbocycles. The van der Waals surface area contributed by atoms with E-state index in [0.717, 1.165) is 23.2 Å². The Morgan fingerprint density at radius 1 is 1.10 bits per heavy atom. The van der Waals surface area contributed by atoms with Crippen molar-refractivity contribution in [1.29, 1.82) is 0 Å². The number of nitrogens with zero attached hydrogens (tertiary/aromatic N) is 2. The Hall–Kier alpha value is -1.77. The lowest BCUT2D eigenvalue weighted by atomic mass is 9.99. The van der Waals surface area contributed by atoms with Gasteiger partial charge in [-0.3, -0.25) is 0 Å². The lowest BCUT2D eigenvalue weighted by Crippen LogP contribution is -2.02. The zero-order valence-corrected chi connectivity index (χ0v) is 13.0. The highest BCUT2D eigenvalue weighted by molar-refractivity contribution is 5.65. The van der Waals surface area contributed by atoms with Crippen LogP contribution < -0.4 is 0 Å². The normalized spacial score (nSPS) is 11.6. The van der Waals surface area contributed by atoms with Gasteiger partial charge in [0.05, 0.1) is 11.7 Å². The van der Waals surface area contributed by atoms with Gasteiger partial charge in [-0.05, 0) is 33.1 Å². The first-order valence-electron chi connectivity index (χ1n) is 7.27. The molecule has 0 unspecified atom stereocenters. The lowest BCUT2D eigenvalue weighted by Gasteiger charge is -2.08. The van der Waals surface area contributed by atoms with E-state index in [1.165, 1.54) is 5.56 Å². The third kappa shape index (κ3) is 2.87. The molecular weight excluding hydrogens is 248 g/mol. The Bertz CT molecular complexity index is 580.